The van der Waals surface area contributed by atoms with Gasteiger partial charge in [0, 0.05) is 16.9 Å². The minimum absolute atomic E-state index is 0.00770. The lowest BCUT2D eigenvalue weighted by atomic mass is 9.57. The molecule has 1 aromatic carbocycles. The van der Waals surface area contributed by atoms with Crippen LogP contribution < -0.4 is 5.46 Å². The molecule has 0 N–H and O–H groups in total. The zero-order chi connectivity index (χ0) is 23.0. The molecule has 3 fully saturated rings. The lowest BCUT2D eigenvalue weighted by Crippen LogP contribution is -2.55. The molecule has 0 aromatic heterocycles. The van der Waals surface area contributed by atoms with Gasteiger partial charge in [0.1, 0.15) is 20.1 Å². The van der Waals surface area contributed by atoms with Crippen molar-refractivity contribution >= 4 is 25.2 Å². The maximum Gasteiger partial charge on any atom is 0.338 e. The molecule has 4 rings (SSSR count). The van der Waals surface area contributed by atoms with E-state index in [1.54, 1.807) is 24.3 Å². The first-order chi connectivity index (χ1) is 14.7. The van der Waals surface area contributed by atoms with E-state index in [-0.39, 0.29) is 28.6 Å². The Morgan fingerprint density at radius 1 is 1.23 bits per heavy atom. The van der Waals surface area contributed by atoms with Crippen molar-refractivity contribution in [2.45, 2.75) is 66.1 Å². The van der Waals surface area contributed by atoms with Crippen LogP contribution in [-0.4, -0.2) is 32.0 Å². The molecule has 1 aromatic rings. The number of hydrogen-bond donors (Lipinski definition) is 0. The smallest absolute Gasteiger partial charge is 0.338 e. The summed E-state index contributed by atoms with van der Waals surface area (Å²) in [4.78, 5) is 25.3. The van der Waals surface area contributed by atoms with E-state index >= 15 is 0 Å². The van der Waals surface area contributed by atoms with Gasteiger partial charge in [0.25, 0.3) is 0 Å². The summed E-state index contributed by atoms with van der Waals surface area (Å²) in [7, 11) is 5.74. The van der Waals surface area contributed by atoms with Gasteiger partial charge in [0.15, 0.2) is 0 Å². The van der Waals surface area contributed by atoms with Gasteiger partial charge >= 0.3 is 11.9 Å². The second-order valence-electron chi connectivity index (χ2n) is 9.25. The van der Waals surface area contributed by atoms with E-state index in [1.807, 2.05) is 20.8 Å². The van der Waals surface area contributed by atoms with Crippen LogP contribution in [0.4, 0.5) is 0 Å². The minimum atomic E-state index is -0.508. The zero-order valence-electron chi connectivity index (χ0n) is 19.3. The van der Waals surface area contributed by atoms with Crippen LogP contribution in [0, 0.1) is 22.7 Å². The summed E-state index contributed by atoms with van der Waals surface area (Å²) < 4.78 is 11.8. The number of benzene rings is 1. The van der Waals surface area contributed by atoms with Gasteiger partial charge in [-0.2, -0.15) is 0 Å². The van der Waals surface area contributed by atoms with E-state index < -0.39 is 18.2 Å². The lowest BCUT2D eigenvalue weighted by Gasteiger charge is -2.50. The fraction of sp³-hybridized carbons (Fsp3) is 0.538. The Bertz CT molecular complexity index is 889. The molecule has 31 heavy (non-hydrogen) atoms. The highest BCUT2D eigenvalue weighted by atomic mass is 16.6. The SMILES string of the molecule is CC.[B]c1ccc(C(=O)O[C@@H]2[C@H]3OC(=O)C(=C)[C@@H]3C[C@H]3[C@@]2(C)CC[C@]3(C)/C=C\C)cc1. The number of rotatable bonds is 3. The van der Waals surface area contributed by atoms with Crippen LogP contribution in [0.25, 0.3) is 0 Å². The van der Waals surface area contributed by atoms with Gasteiger partial charge < -0.3 is 9.47 Å². The van der Waals surface area contributed by atoms with Gasteiger partial charge in [-0.3, -0.25) is 0 Å². The van der Waals surface area contributed by atoms with Crippen molar-refractivity contribution in [3.05, 3.63) is 54.1 Å². The first-order valence-electron chi connectivity index (χ1n) is 11.3. The largest absolute Gasteiger partial charge is 0.454 e. The van der Waals surface area contributed by atoms with E-state index in [1.165, 1.54) is 0 Å². The molecule has 3 aliphatic rings. The van der Waals surface area contributed by atoms with Crippen molar-refractivity contribution < 1.29 is 19.1 Å². The third-order valence-corrected chi connectivity index (χ3v) is 7.51. The number of carbonyl (C=O) groups excluding carboxylic acids is 2. The van der Waals surface area contributed by atoms with E-state index in [0.29, 0.717) is 16.6 Å². The lowest BCUT2D eigenvalue weighted by molar-refractivity contribution is -0.162. The average Bonchev–Trinajstić information content (AvgIpc) is 3.18. The summed E-state index contributed by atoms with van der Waals surface area (Å²) in [5.41, 5.74) is 1.25. The third-order valence-electron chi connectivity index (χ3n) is 7.51. The van der Waals surface area contributed by atoms with Gasteiger partial charge in [-0.05, 0) is 49.7 Å². The van der Waals surface area contributed by atoms with Crippen molar-refractivity contribution in [1.29, 1.82) is 0 Å². The Morgan fingerprint density at radius 3 is 2.48 bits per heavy atom. The second-order valence-corrected chi connectivity index (χ2v) is 9.25. The molecule has 6 atom stereocenters. The van der Waals surface area contributed by atoms with Crippen molar-refractivity contribution in [3.63, 3.8) is 0 Å². The molecule has 1 heterocycles. The maximum atomic E-state index is 13.0. The number of esters is 2. The first kappa shape index (κ1) is 23.4. The molecule has 0 amide bonds. The van der Waals surface area contributed by atoms with Crippen LogP contribution in [-0.2, 0) is 14.3 Å². The molecule has 0 spiro atoms. The fourth-order valence-electron chi connectivity index (χ4n) is 5.91. The van der Waals surface area contributed by atoms with Crippen LogP contribution in [0.15, 0.2) is 48.6 Å². The van der Waals surface area contributed by atoms with Crippen molar-refractivity contribution in [3.8, 4) is 0 Å². The predicted octanol–water partition coefficient (Wildman–Crippen LogP) is 4.53. The monoisotopic (exact) mass is 420 g/mol. The number of carbonyl (C=O) groups is 2. The third kappa shape index (κ3) is 3.88. The molecule has 1 saturated heterocycles. The molecule has 5 heteroatoms. The summed E-state index contributed by atoms with van der Waals surface area (Å²) in [5.74, 6) is -0.635. The van der Waals surface area contributed by atoms with Crippen molar-refractivity contribution in [2.24, 2.45) is 22.7 Å². The van der Waals surface area contributed by atoms with Gasteiger partial charge in [0.2, 0.25) is 0 Å². The Morgan fingerprint density at radius 2 is 1.87 bits per heavy atom. The summed E-state index contributed by atoms with van der Waals surface area (Å²) in [6.45, 7) is 14.5. The highest BCUT2D eigenvalue weighted by molar-refractivity contribution is 6.32. The summed E-state index contributed by atoms with van der Waals surface area (Å²) in [6, 6.07) is 6.69. The van der Waals surface area contributed by atoms with E-state index in [0.717, 1.165) is 19.3 Å². The predicted molar refractivity (Wildman–Crippen MR) is 123 cm³/mol. The number of hydrogen-bond acceptors (Lipinski definition) is 4. The Labute approximate surface area is 187 Å². The Balaban J connectivity index is 0.00000132. The van der Waals surface area contributed by atoms with Crippen LogP contribution in [0.1, 0.15) is 64.2 Å². The number of ether oxygens (including phenoxy) is 2. The molecular formula is C26H33BO4. The Kier molecular flexibility index (Phi) is 6.54. The van der Waals surface area contributed by atoms with Gasteiger partial charge in [0.05, 0.1) is 5.56 Å². The van der Waals surface area contributed by atoms with Gasteiger partial charge in [-0.15, -0.1) is 0 Å². The van der Waals surface area contributed by atoms with Crippen LogP contribution in [0.2, 0.25) is 0 Å². The summed E-state index contributed by atoms with van der Waals surface area (Å²) in [5, 5.41) is 0. The topological polar surface area (TPSA) is 52.6 Å². The normalized spacial score (nSPS) is 36.3. The zero-order valence-corrected chi connectivity index (χ0v) is 19.3. The minimum Gasteiger partial charge on any atom is -0.454 e. The fourth-order valence-corrected chi connectivity index (χ4v) is 5.91. The second kappa shape index (κ2) is 8.68. The number of allylic oxidation sites excluding steroid dienone is 2. The molecular weight excluding hydrogens is 387 g/mol. The highest BCUT2D eigenvalue weighted by Gasteiger charge is 2.65. The van der Waals surface area contributed by atoms with E-state index in [4.69, 9.17) is 17.3 Å². The molecule has 1 aliphatic heterocycles. The van der Waals surface area contributed by atoms with Crippen LogP contribution in [0.5, 0.6) is 0 Å². The number of fused-ring (bicyclic) bond motifs is 2. The molecule has 2 radical (unpaired) electrons. The molecule has 164 valence electrons. The molecule has 2 saturated carbocycles. The molecule has 0 bridgehead atoms. The first-order valence-corrected chi connectivity index (χ1v) is 11.3. The van der Waals surface area contributed by atoms with Crippen molar-refractivity contribution in [2.75, 3.05) is 0 Å². The highest BCUT2D eigenvalue weighted by Crippen LogP contribution is 2.64. The standard InChI is InChI=1S/C24H27BO4.C2H6/c1-5-10-23(3)11-12-24(4)18(23)13-17-14(2)21(26)28-19(17)20(24)29-22(27)15-6-8-16(25)9-7-15;1-2/h5-10,17-20H,2,11-13H2,1,3-4H3;1-2H3/b10-5-;/t17-,18+,19-,20+,23-,24+;/m0./s1. The average molecular weight is 420 g/mol. The van der Waals surface area contributed by atoms with E-state index in [9.17, 15) is 9.59 Å². The molecule has 2 aliphatic carbocycles. The van der Waals surface area contributed by atoms with E-state index in [2.05, 4.69) is 32.6 Å². The molecule has 0 unspecified atom stereocenters. The molecule has 4 nitrogen and oxygen atoms in total. The van der Waals surface area contributed by atoms with Crippen molar-refractivity contribution in [1.82, 2.24) is 0 Å². The van der Waals surface area contributed by atoms with Crippen LogP contribution in [0.3, 0.4) is 0 Å². The quantitative estimate of drug-likeness (QED) is 0.312. The maximum absolute atomic E-state index is 13.0. The van der Waals surface area contributed by atoms with Gasteiger partial charge in [-0.25, -0.2) is 9.59 Å². The van der Waals surface area contributed by atoms with Crippen LogP contribution >= 0.6 is 0 Å². The Hall–Kier alpha value is -2.30. The summed E-state index contributed by atoms with van der Waals surface area (Å²) in [6.07, 6.45) is 6.12. The summed E-state index contributed by atoms with van der Waals surface area (Å²) >= 11 is 0. The van der Waals surface area contributed by atoms with Gasteiger partial charge in [-0.1, -0.05) is 64.0 Å².